The van der Waals surface area contributed by atoms with Crippen LogP contribution in [0.3, 0.4) is 0 Å². The number of carbonyl (C=O) groups is 2. The van der Waals surface area contributed by atoms with E-state index in [0.29, 0.717) is 23.7 Å². The molecule has 8 nitrogen and oxygen atoms in total. The molecule has 0 radical (unpaired) electrons. The van der Waals surface area contributed by atoms with E-state index in [1.807, 2.05) is 87.2 Å². The van der Waals surface area contributed by atoms with Crippen LogP contribution in [0.15, 0.2) is 73.1 Å². The molecule has 2 aromatic heterocycles. The summed E-state index contributed by atoms with van der Waals surface area (Å²) < 4.78 is 5.91. The molecule has 0 unspecified atom stereocenters. The van der Waals surface area contributed by atoms with Gasteiger partial charge in [-0.2, -0.15) is 0 Å². The van der Waals surface area contributed by atoms with Gasteiger partial charge in [0.1, 0.15) is 11.8 Å². The molecule has 1 atom stereocenters. The minimum atomic E-state index is -0.712. The molecular formula is C40H53N5O3S. The topological polar surface area (TPSA) is 96.4 Å². The van der Waals surface area contributed by atoms with Gasteiger partial charge in [-0.3, -0.25) is 9.59 Å². The molecule has 0 saturated heterocycles. The van der Waals surface area contributed by atoms with Gasteiger partial charge in [-0.25, -0.2) is 9.97 Å². The number of ether oxygens (including phenoxy) is 1. The van der Waals surface area contributed by atoms with Gasteiger partial charge in [0, 0.05) is 41.4 Å². The van der Waals surface area contributed by atoms with E-state index in [1.165, 1.54) is 37.0 Å². The van der Waals surface area contributed by atoms with Crippen LogP contribution in [0.4, 0.5) is 0 Å². The highest BCUT2D eigenvalue weighted by molar-refractivity contribution is 7.14. The Morgan fingerprint density at radius 3 is 2.14 bits per heavy atom. The van der Waals surface area contributed by atoms with Crippen LogP contribution in [0.25, 0.3) is 22.5 Å². The third-order valence-electron chi connectivity index (χ3n) is 8.28. The summed E-state index contributed by atoms with van der Waals surface area (Å²) >= 11 is 1.47. The van der Waals surface area contributed by atoms with E-state index in [-0.39, 0.29) is 17.2 Å². The second-order valence-electron chi connectivity index (χ2n) is 13.9. The molecule has 0 spiro atoms. The Kier molecular flexibility index (Phi) is 14.3. The van der Waals surface area contributed by atoms with Gasteiger partial charge in [0.2, 0.25) is 5.91 Å². The fraction of sp³-hybridized carbons (Fsp3) is 0.450. The van der Waals surface area contributed by atoms with Gasteiger partial charge in [0.15, 0.2) is 5.82 Å². The highest BCUT2D eigenvalue weighted by Gasteiger charge is 2.24. The van der Waals surface area contributed by atoms with Crippen LogP contribution in [0.2, 0.25) is 0 Å². The highest BCUT2D eigenvalue weighted by Crippen LogP contribution is 2.29. The summed E-state index contributed by atoms with van der Waals surface area (Å²) in [5, 5.41) is 6.02. The summed E-state index contributed by atoms with van der Waals surface area (Å²) in [5.41, 5.74) is 3.72. The smallest absolute Gasteiger partial charge is 0.262 e. The lowest BCUT2D eigenvalue weighted by Crippen LogP contribution is -2.48. The average molecular weight is 684 g/mol. The first kappa shape index (κ1) is 37.7. The SMILES string of the molecule is CCCCCCCOc1ccc(-c2cnc(-c3ccc(C[C@H](NC(=O)c4ccc(C(C)(C)C)s4)C(=O)NCCCN(C)C)cc3)nc2)cc1. The van der Waals surface area contributed by atoms with Crippen molar-refractivity contribution in [3.05, 3.63) is 88.4 Å². The standard InChI is InChI=1S/C40H53N5O3S/c1-7-8-9-10-11-25-48-33-19-17-30(18-20-33)32-27-42-37(43-28-32)31-15-13-29(14-16-31)26-34(38(46)41-23-12-24-45(5)6)44-39(47)35-21-22-36(49-35)40(2,3)4/h13-22,27-28,34H,7-12,23-26H2,1-6H3,(H,41,46)(H,44,47)/t34-/m0/s1. The lowest BCUT2D eigenvalue weighted by Gasteiger charge is -2.19. The van der Waals surface area contributed by atoms with Gasteiger partial charge in [0.25, 0.3) is 5.91 Å². The fourth-order valence-electron chi connectivity index (χ4n) is 5.32. The molecule has 262 valence electrons. The molecule has 2 N–H and O–H groups in total. The van der Waals surface area contributed by atoms with Gasteiger partial charge < -0.3 is 20.3 Å². The number of rotatable bonds is 18. The van der Waals surface area contributed by atoms with E-state index in [9.17, 15) is 9.59 Å². The van der Waals surface area contributed by atoms with E-state index in [1.54, 1.807) is 0 Å². The molecule has 2 amide bonds. The number of aromatic nitrogens is 2. The third-order valence-corrected chi connectivity index (χ3v) is 9.79. The second-order valence-corrected chi connectivity index (χ2v) is 15.0. The number of hydrogen-bond donors (Lipinski definition) is 2. The first-order valence-electron chi connectivity index (χ1n) is 17.5. The summed E-state index contributed by atoms with van der Waals surface area (Å²) in [4.78, 5) is 39.6. The number of nitrogens with one attached hydrogen (secondary N) is 2. The minimum absolute atomic E-state index is 0.0497. The lowest BCUT2D eigenvalue weighted by molar-refractivity contribution is -0.122. The number of unbranched alkanes of at least 4 members (excludes halogenated alkanes) is 4. The Balaban J connectivity index is 1.38. The maximum Gasteiger partial charge on any atom is 0.262 e. The van der Waals surface area contributed by atoms with Crippen molar-refractivity contribution >= 4 is 23.2 Å². The number of benzene rings is 2. The zero-order valence-electron chi connectivity index (χ0n) is 30.1. The van der Waals surface area contributed by atoms with Gasteiger partial charge in [-0.15, -0.1) is 11.3 Å². The van der Waals surface area contributed by atoms with Crippen molar-refractivity contribution in [1.29, 1.82) is 0 Å². The molecule has 9 heteroatoms. The third kappa shape index (κ3) is 12.1. The largest absolute Gasteiger partial charge is 0.494 e. The average Bonchev–Trinajstić information content (AvgIpc) is 3.60. The second kappa shape index (κ2) is 18.6. The van der Waals surface area contributed by atoms with E-state index in [0.717, 1.165) is 58.9 Å². The number of nitrogens with zero attached hydrogens (tertiary/aromatic N) is 3. The van der Waals surface area contributed by atoms with Crippen LogP contribution < -0.4 is 15.4 Å². The number of amides is 2. The van der Waals surface area contributed by atoms with Crippen LogP contribution in [0.1, 0.15) is 86.3 Å². The lowest BCUT2D eigenvalue weighted by atomic mass is 9.95. The summed E-state index contributed by atoms with van der Waals surface area (Å²) in [6.07, 6.45) is 10.9. The van der Waals surface area contributed by atoms with Crippen molar-refractivity contribution in [2.75, 3.05) is 33.8 Å². The molecule has 0 aliphatic rings. The van der Waals surface area contributed by atoms with Crippen molar-refractivity contribution in [2.24, 2.45) is 0 Å². The van der Waals surface area contributed by atoms with Crippen LogP contribution in [0.5, 0.6) is 5.75 Å². The molecule has 2 aromatic carbocycles. The minimum Gasteiger partial charge on any atom is -0.494 e. The molecule has 0 aliphatic heterocycles. The van der Waals surface area contributed by atoms with Crippen molar-refractivity contribution in [3.8, 4) is 28.3 Å². The molecule has 0 bridgehead atoms. The summed E-state index contributed by atoms with van der Waals surface area (Å²) in [7, 11) is 4.01. The van der Waals surface area contributed by atoms with Crippen LogP contribution in [-0.2, 0) is 16.6 Å². The first-order valence-corrected chi connectivity index (χ1v) is 18.3. The highest BCUT2D eigenvalue weighted by atomic mass is 32.1. The number of carbonyl (C=O) groups excluding carboxylic acids is 2. The zero-order valence-corrected chi connectivity index (χ0v) is 30.9. The number of hydrogen-bond acceptors (Lipinski definition) is 7. The van der Waals surface area contributed by atoms with E-state index >= 15 is 0 Å². The monoisotopic (exact) mass is 683 g/mol. The van der Waals surface area contributed by atoms with Crippen molar-refractivity contribution < 1.29 is 14.3 Å². The summed E-state index contributed by atoms with van der Waals surface area (Å²) in [6.45, 7) is 10.8. The molecule has 0 saturated carbocycles. The maximum absolute atomic E-state index is 13.3. The van der Waals surface area contributed by atoms with Gasteiger partial charge >= 0.3 is 0 Å². The predicted molar refractivity (Wildman–Crippen MR) is 201 cm³/mol. The van der Waals surface area contributed by atoms with Crippen molar-refractivity contribution in [1.82, 2.24) is 25.5 Å². The van der Waals surface area contributed by atoms with Crippen molar-refractivity contribution in [3.63, 3.8) is 0 Å². The fourth-order valence-corrected chi connectivity index (χ4v) is 6.29. The van der Waals surface area contributed by atoms with E-state index < -0.39 is 6.04 Å². The molecule has 2 heterocycles. The van der Waals surface area contributed by atoms with Gasteiger partial charge in [-0.1, -0.05) is 89.8 Å². The Morgan fingerprint density at radius 2 is 1.51 bits per heavy atom. The summed E-state index contributed by atoms with van der Waals surface area (Å²) in [5.74, 6) is 1.07. The van der Waals surface area contributed by atoms with E-state index in [2.05, 4.69) is 53.2 Å². The van der Waals surface area contributed by atoms with Crippen molar-refractivity contribution in [2.45, 2.75) is 84.1 Å². The number of thiophene rings is 1. The first-order chi connectivity index (χ1) is 23.5. The molecule has 49 heavy (non-hydrogen) atoms. The maximum atomic E-state index is 13.3. The predicted octanol–water partition coefficient (Wildman–Crippen LogP) is 7.93. The normalized spacial score (nSPS) is 12.1. The Bertz CT molecular complexity index is 1590. The molecule has 0 fully saturated rings. The Labute approximate surface area is 296 Å². The quantitative estimate of drug-likeness (QED) is 0.104. The van der Waals surface area contributed by atoms with E-state index in [4.69, 9.17) is 4.74 Å². The molecular weight excluding hydrogens is 631 g/mol. The molecule has 4 aromatic rings. The molecule has 0 aliphatic carbocycles. The Morgan fingerprint density at radius 1 is 0.837 bits per heavy atom. The summed E-state index contributed by atoms with van der Waals surface area (Å²) in [6, 6.07) is 19.0. The van der Waals surface area contributed by atoms with Crippen LogP contribution in [0, 0.1) is 0 Å². The van der Waals surface area contributed by atoms with Crippen LogP contribution >= 0.6 is 11.3 Å². The Hall–Kier alpha value is -4.08. The van der Waals surface area contributed by atoms with Crippen LogP contribution in [-0.4, -0.2) is 66.5 Å². The molecule has 4 rings (SSSR count). The zero-order chi connectivity index (χ0) is 35.2. The van der Waals surface area contributed by atoms with Gasteiger partial charge in [0.05, 0.1) is 11.5 Å². The van der Waals surface area contributed by atoms with Gasteiger partial charge in [-0.05, 0) is 74.3 Å².